The van der Waals surface area contributed by atoms with Gasteiger partial charge >= 0.3 is 6.18 Å². The second-order valence-electron chi connectivity index (χ2n) is 5.49. The van der Waals surface area contributed by atoms with Gasteiger partial charge in [0, 0.05) is 25.9 Å². The third-order valence-corrected chi connectivity index (χ3v) is 3.63. The van der Waals surface area contributed by atoms with E-state index in [1.807, 2.05) is 0 Å². The Bertz CT molecular complexity index is 764. The summed E-state index contributed by atoms with van der Waals surface area (Å²) >= 11 is 0. The number of carbonyl (C=O) groups is 1. The number of methoxy groups -OCH3 is 1. The summed E-state index contributed by atoms with van der Waals surface area (Å²) < 4.78 is 44.1. The van der Waals surface area contributed by atoms with E-state index in [4.69, 9.17) is 4.74 Å². The number of amides is 1. The van der Waals surface area contributed by atoms with Gasteiger partial charge in [-0.1, -0.05) is 18.2 Å². The molecule has 0 aliphatic carbocycles. The Morgan fingerprint density at radius 1 is 1.19 bits per heavy atom. The number of phenols is 1. The molecule has 140 valence electrons. The molecule has 2 aromatic carbocycles. The topological polar surface area (TPSA) is 70.6 Å². The van der Waals surface area contributed by atoms with Gasteiger partial charge in [-0.05, 0) is 29.8 Å². The van der Waals surface area contributed by atoms with Crippen molar-refractivity contribution in [2.75, 3.05) is 25.6 Å². The summed E-state index contributed by atoms with van der Waals surface area (Å²) in [6, 6.07) is 9.51. The summed E-state index contributed by atoms with van der Waals surface area (Å²) in [5, 5.41) is 15.0. The van der Waals surface area contributed by atoms with Gasteiger partial charge in [0.1, 0.15) is 5.75 Å². The van der Waals surface area contributed by atoms with Crippen LogP contribution in [-0.4, -0.2) is 31.3 Å². The van der Waals surface area contributed by atoms with Crippen LogP contribution in [0.15, 0.2) is 42.5 Å². The Morgan fingerprint density at radius 3 is 2.62 bits per heavy atom. The maximum Gasteiger partial charge on any atom is 0.417 e. The fourth-order valence-corrected chi connectivity index (χ4v) is 2.37. The molecule has 8 heteroatoms. The molecule has 0 heterocycles. The molecular formula is C18H19F3N2O3. The van der Waals surface area contributed by atoms with E-state index in [2.05, 4.69) is 10.6 Å². The standard InChI is InChI=1S/C18H19F3N2O3/c1-26-9-8-22-16-5-3-2-4-12(16)11-23-17(25)14-10-13(24)6-7-15(14)18(19,20)21/h2-7,10,22,24H,8-9,11H2,1H3,(H,23,25). The zero-order valence-corrected chi connectivity index (χ0v) is 14.1. The number of hydrogen-bond donors (Lipinski definition) is 3. The lowest BCUT2D eigenvalue weighted by Gasteiger charge is -2.15. The Hall–Kier alpha value is -2.74. The summed E-state index contributed by atoms with van der Waals surface area (Å²) in [5.74, 6) is -1.33. The number of alkyl halides is 3. The van der Waals surface area contributed by atoms with Gasteiger partial charge in [-0.25, -0.2) is 0 Å². The number of anilines is 1. The molecule has 2 aromatic rings. The van der Waals surface area contributed by atoms with Gasteiger partial charge in [-0.15, -0.1) is 0 Å². The molecule has 5 nitrogen and oxygen atoms in total. The first-order chi connectivity index (χ1) is 12.3. The molecule has 0 aromatic heterocycles. The van der Waals surface area contributed by atoms with Crippen LogP contribution in [0, 0.1) is 0 Å². The van der Waals surface area contributed by atoms with Gasteiger partial charge in [-0.3, -0.25) is 4.79 Å². The van der Waals surface area contributed by atoms with E-state index in [1.54, 1.807) is 31.4 Å². The van der Waals surface area contributed by atoms with Crippen molar-refractivity contribution in [3.8, 4) is 5.75 Å². The highest BCUT2D eigenvalue weighted by Gasteiger charge is 2.35. The molecule has 2 rings (SSSR count). The molecule has 0 saturated heterocycles. The molecule has 0 radical (unpaired) electrons. The molecule has 1 amide bonds. The number of phenolic OH excluding ortho intramolecular Hbond substituents is 1. The lowest BCUT2D eigenvalue weighted by atomic mass is 10.1. The maximum atomic E-state index is 13.1. The predicted octanol–water partition coefficient (Wildman–Crippen LogP) is 3.40. The minimum atomic E-state index is -4.69. The summed E-state index contributed by atoms with van der Waals surface area (Å²) in [4.78, 5) is 12.2. The van der Waals surface area contributed by atoms with Crippen molar-refractivity contribution < 1.29 is 27.8 Å². The molecular weight excluding hydrogens is 349 g/mol. The highest BCUT2D eigenvalue weighted by Crippen LogP contribution is 2.33. The van der Waals surface area contributed by atoms with Crippen LogP contribution in [0.25, 0.3) is 0 Å². The lowest BCUT2D eigenvalue weighted by Crippen LogP contribution is -2.26. The molecule has 0 fully saturated rings. The highest BCUT2D eigenvalue weighted by molar-refractivity contribution is 5.96. The predicted molar refractivity (Wildman–Crippen MR) is 91.1 cm³/mol. The Morgan fingerprint density at radius 2 is 1.92 bits per heavy atom. The first-order valence-electron chi connectivity index (χ1n) is 7.82. The number of benzene rings is 2. The van der Waals surface area contributed by atoms with Crippen LogP contribution in [0.1, 0.15) is 21.5 Å². The SMILES string of the molecule is COCCNc1ccccc1CNC(=O)c1cc(O)ccc1C(F)(F)F. The molecule has 0 bridgehead atoms. The van der Waals surface area contributed by atoms with E-state index in [9.17, 15) is 23.1 Å². The van der Waals surface area contributed by atoms with Crippen molar-refractivity contribution in [3.63, 3.8) is 0 Å². The zero-order valence-electron chi connectivity index (χ0n) is 14.1. The zero-order chi connectivity index (χ0) is 19.2. The largest absolute Gasteiger partial charge is 0.508 e. The smallest absolute Gasteiger partial charge is 0.417 e. The van der Waals surface area contributed by atoms with E-state index in [1.165, 1.54) is 0 Å². The van der Waals surface area contributed by atoms with Crippen molar-refractivity contribution in [1.82, 2.24) is 5.32 Å². The number of carbonyl (C=O) groups excluding carboxylic acids is 1. The first kappa shape index (κ1) is 19.6. The third-order valence-electron chi connectivity index (χ3n) is 3.63. The van der Waals surface area contributed by atoms with E-state index in [0.717, 1.165) is 17.8 Å². The second-order valence-corrected chi connectivity index (χ2v) is 5.49. The number of halogens is 3. The van der Waals surface area contributed by atoms with Crippen LogP contribution >= 0.6 is 0 Å². The molecule has 0 aliphatic rings. The van der Waals surface area contributed by atoms with Gasteiger partial charge in [-0.2, -0.15) is 13.2 Å². The van der Waals surface area contributed by atoms with Crippen molar-refractivity contribution in [1.29, 1.82) is 0 Å². The minimum absolute atomic E-state index is 0.0297. The molecule has 0 unspecified atom stereocenters. The Labute approximate surface area is 148 Å². The number of rotatable bonds is 7. The van der Waals surface area contributed by atoms with Crippen LogP contribution < -0.4 is 10.6 Å². The van der Waals surface area contributed by atoms with E-state index in [0.29, 0.717) is 24.8 Å². The number of nitrogens with one attached hydrogen (secondary N) is 2. The highest BCUT2D eigenvalue weighted by atomic mass is 19.4. The van der Waals surface area contributed by atoms with Crippen molar-refractivity contribution in [2.24, 2.45) is 0 Å². The van der Waals surface area contributed by atoms with Crippen LogP contribution in [0.4, 0.5) is 18.9 Å². The summed E-state index contributed by atoms with van der Waals surface area (Å²) in [6.45, 7) is 1.06. The normalized spacial score (nSPS) is 11.2. The number of ether oxygens (including phenoxy) is 1. The Kier molecular flexibility index (Phi) is 6.46. The average molecular weight is 368 g/mol. The third kappa shape index (κ3) is 5.13. The maximum absolute atomic E-state index is 13.1. The quantitative estimate of drug-likeness (QED) is 0.655. The second kappa shape index (κ2) is 8.57. The monoisotopic (exact) mass is 368 g/mol. The minimum Gasteiger partial charge on any atom is -0.508 e. The molecule has 26 heavy (non-hydrogen) atoms. The van der Waals surface area contributed by atoms with Gasteiger partial charge in [0.2, 0.25) is 0 Å². The summed E-state index contributed by atoms with van der Waals surface area (Å²) in [5.41, 5.74) is -0.260. The van der Waals surface area contributed by atoms with Gasteiger partial charge < -0.3 is 20.5 Å². The van der Waals surface area contributed by atoms with Crippen molar-refractivity contribution in [3.05, 3.63) is 59.2 Å². The molecule has 0 spiro atoms. The first-order valence-corrected chi connectivity index (χ1v) is 7.82. The van der Waals surface area contributed by atoms with Crippen LogP contribution in [-0.2, 0) is 17.5 Å². The lowest BCUT2D eigenvalue weighted by molar-refractivity contribution is -0.137. The van der Waals surface area contributed by atoms with Gasteiger partial charge in [0.25, 0.3) is 5.91 Å². The fourth-order valence-electron chi connectivity index (χ4n) is 2.37. The van der Waals surface area contributed by atoms with E-state index >= 15 is 0 Å². The number of hydrogen-bond acceptors (Lipinski definition) is 4. The molecule has 0 saturated carbocycles. The summed E-state index contributed by atoms with van der Waals surface area (Å²) in [6.07, 6.45) is -4.69. The molecule has 0 aliphatic heterocycles. The van der Waals surface area contributed by atoms with E-state index in [-0.39, 0.29) is 6.54 Å². The van der Waals surface area contributed by atoms with Crippen LogP contribution in [0.2, 0.25) is 0 Å². The van der Waals surface area contributed by atoms with Crippen molar-refractivity contribution in [2.45, 2.75) is 12.7 Å². The average Bonchev–Trinajstić information content (AvgIpc) is 2.59. The number of aromatic hydroxyl groups is 1. The number of para-hydroxylation sites is 1. The Balaban J connectivity index is 2.14. The summed E-state index contributed by atoms with van der Waals surface area (Å²) in [7, 11) is 1.57. The van der Waals surface area contributed by atoms with Crippen LogP contribution in [0.3, 0.4) is 0 Å². The van der Waals surface area contributed by atoms with Gasteiger partial charge in [0.15, 0.2) is 0 Å². The van der Waals surface area contributed by atoms with Gasteiger partial charge in [0.05, 0.1) is 17.7 Å². The van der Waals surface area contributed by atoms with Crippen LogP contribution in [0.5, 0.6) is 5.75 Å². The van der Waals surface area contributed by atoms with E-state index < -0.39 is 29.0 Å². The molecule has 0 atom stereocenters. The fraction of sp³-hybridized carbons (Fsp3) is 0.278. The van der Waals surface area contributed by atoms with Crippen molar-refractivity contribution >= 4 is 11.6 Å². The molecule has 3 N–H and O–H groups in total.